The van der Waals surface area contributed by atoms with E-state index in [4.69, 9.17) is 14.5 Å². The normalized spacial score (nSPS) is 14.7. The minimum Gasteiger partial charge on any atom is -0.489 e. The van der Waals surface area contributed by atoms with E-state index < -0.39 is 12.0 Å². The van der Waals surface area contributed by atoms with E-state index in [-0.39, 0.29) is 5.56 Å². The van der Waals surface area contributed by atoms with Gasteiger partial charge in [0.25, 0.3) is 5.56 Å². The van der Waals surface area contributed by atoms with Crippen LogP contribution in [0.2, 0.25) is 0 Å². The molecule has 5 aromatic rings. The molecule has 8 heteroatoms. The first kappa shape index (κ1) is 29.1. The molecule has 6 rings (SSSR count). The number of rotatable bonds is 8. The van der Waals surface area contributed by atoms with E-state index in [0.717, 1.165) is 39.5 Å². The quantitative estimate of drug-likeness (QED) is 0.211. The standard InChI is InChI=1S/C36H33N3O4S/c1-5-30-32(35(41)42-4)33(26-14-10-7-11-15-26)39-34(40)31(44-36(39)37-30)21-27-20-23(2)38(24(27)3)28-16-18-29(19-17-28)43-22-25-12-8-6-9-13-25/h6-21,33H,5,22H2,1-4H3/b31-21+/t33-/m0/s1. The zero-order valence-electron chi connectivity index (χ0n) is 25.1. The van der Waals surface area contributed by atoms with Crippen molar-refractivity contribution in [1.82, 2.24) is 9.13 Å². The lowest BCUT2D eigenvalue weighted by molar-refractivity contribution is -0.136. The number of hydrogen-bond acceptors (Lipinski definition) is 6. The van der Waals surface area contributed by atoms with Crippen LogP contribution in [0, 0.1) is 13.8 Å². The molecule has 0 saturated heterocycles. The number of aryl methyl sites for hydroxylation is 1. The highest BCUT2D eigenvalue weighted by Gasteiger charge is 2.33. The molecule has 7 nitrogen and oxygen atoms in total. The van der Waals surface area contributed by atoms with Gasteiger partial charge in [0.1, 0.15) is 12.4 Å². The van der Waals surface area contributed by atoms with Gasteiger partial charge in [0.15, 0.2) is 4.80 Å². The third-order valence-electron chi connectivity index (χ3n) is 7.87. The molecule has 1 aliphatic heterocycles. The van der Waals surface area contributed by atoms with Crippen molar-refractivity contribution in [3.05, 3.63) is 150 Å². The predicted molar refractivity (Wildman–Crippen MR) is 173 cm³/mol. The number of aromatic nitrogens is 2. The summed E-state index contributed by atoms with van der Waals surface area (Å²) in [6, 6.07) is 29.2. The maximum absolute atomic E-state index is 14.0. The maximum Gasteiger partial charge on any atom is 0.338 e. The zero-order chi connectivity index (χ0) is 30.8. The Morgan fingerprint density at radius 3 is 2.32 bits per heavy atom. The number of ether oxygens (including phenoxy) is 2. The maximum atomic E-state index is 14.0. The topological polar surface area (TPSA) is 74.8 Å². The molecular formula is C36H33N3O4S. The van der Waals surface area contributed by atoms with Crippen LogP contribution in [0.15, 0.2) is 112 Å². The van der Waals surface area contributed by atoms with Gasteiger partial charge in [-0.05, 0) is 73.4 Å². The Kier molecular flexibility index (Phi) is 8.17. The Labute approximate surface area is 259 Å². The van der Waals surface area contributed by atoms with Gasteiger partial charge in [-0.2, -0.15) is 0 Å². The average molecular weight is 604 g/mol. The molecule has 1 aliphatic rings. The number of fused-ring (bicyclic) bond motifs is 1. The largest absolute Gasteiger partial charge is 0.489 e. The van der Waals surface area contributed by atoms with E-state index in [0.29, 0.717) is 33.6 Å². The lowest BCUT2D eigenvalue weighted by Gasteiger charge is -2.25. The van der Waals surface area contributed by atoms with Gasteiger partial charge >= 0.3 is 5.97 Å². The molecule has 0 radical (unpaired) electrons. The molecular weight excluding hydrogens is 570 g/mol. The number of nitrogens with zero attached hydrogens (tertiary/aromatic N) is 3. The van der Waals surface area contributed by atoms with Crippen LogP contribution in [0.1, 0.15) is 47.5 Å². The van der Waals surface area contributed by atoms with Crippen LogP contribution in [0.4, 0.5) is 0 Å². The molecule has 0 amide bonds. The Morgan fingerprint density at radius 2 is 1.66 bits per heavy atom. The fourth-order valence-electron chi connectivity index (χ4n) is 5.72. The molecule has 2 aromatic heterocycles. The molecule has 0 fully saturated rings. The van der Waals surface area contributed by atoms with Gasteiger partial charge in [-0.25, -0.2) is 9.79 Å². The van der Waals surface area contributed by atoms with Crippen molar-refractivity contribution in [2.45, 2.75) is 39.8 Å². The fraction of sp³-hybridized carbons (Fsp3) is 0.194. The van der Waals surface area contributed by atoms with Crippen LogP contribution in [0.5, 0.6) is 5.75 Å². The molecule has 3 aromatic carbocycles. The lowest BCUT2D eigenvalue weighted by atomic mass is 9.95. The summed E-state index contributed by atoms with van der Waals surface area (Å²) in [6.07, 6.45) is 2.46. The van der Waals surface area contributed by atoms with Gasteiger partial charge < -0.3 is 14.0 Å². The third kappa shape index (κ3) is 5.44. The second-order valence-electron chi connectivity index (χ2n) is 10.6. The van der Waals surface area contributed by atoms with Crippen LogP contribution in [-0.4, -0.2) is 22.2 Å². The van der Waals surface area contributed by atoms with Crippen molar-refractivity contribution >= 4 is 23.4 Å². The van der Waals surface area contributed by atoms with E-state index in [9.17, 15) is 9.59 Å². The summed E-state index contributed by atoms with van der Waals surface area (Å²) in [5, 5.41) is 0. The van der Waals surface area contributed by atoms with E-state index in [1.54, 1.807) is 4.57 Å². The number of thiazole rings is 1. The van der Waals surface area contributed by atoms with Gasteiger partial charge in [0, 0.05) is 17.1 Å². The number of benzene rings is 3. The van der Waals surface area contributed by atoms with Gasteiger partial charge in [0.05, 0.1) is 29.0 Å². The Bertz CT molecular complexity index is 2040. The van der Waals surface area contributed by atoms with Gasteiger partial charge in [-0.3, -0.25) is 9.36 Å². The zero-order valence-corrected chi connectivity index (χ0v) is 25.9. The molecule has 0 spiro atoms. The van der Waals surface area contributed by atoms with E-state index in [1.807, 2.05) is 105 Å². The Balaban J connectivity index is 1.37. The summed E-state index contributed by atoms with van der Waals surface area (Å²) < 4.78 is 15.5. The summed E-state index contributed by atoms with van der Waals surface area (Å²) in [5.41, 5.74) is 6.79. The third-order valence-corrected chi connectivity index (χ3v) is 8.85. The first-order valence-corrected chi connectivity index (χ1v) is 15.4. The van der Waals surface area contributed by atoms with Crippen LogP contribution >= 0.6 is 11.3 Å². The van der Waals surface area contributed by atoms with Crippen molar-refractivity contribution in [2.24, 2.45) is 4.99 Å². The van der Waals surface area contributed by atoms with E-state index >= 15 is 0 Å². The summed E-state index contributed by atoms with van der Waals surface area (Å²) in [5.74, 6) is 0.320. The average Bonchev–Trinajstić information content (AvgIpc) is 3.52. The Hall–Kier alpha value is -4.95. The molecule has 0 aliphatic carbocycles. The molecule has 0 N–H and O–H groups in total. The molecule has 0 bridgehead atoms. The van der Waals surface area contributed by atoms with Crippen LogP contribution < -0.4 is 19.6 Å². The van der Waals surface area contributed by atoms with Crippen molar-refractivity contribution in [2.75, 3.05) is 7.11 Å². The first-order valence-electron chi connectivity index (χ1n) is 14.5. The second-order valence-corrected chi connectivity index (χ2v) is 11.6. The summed E-state index contributed by atoms with van der Waals surface area (Å²) >= 11 is 1.34. The number of allylic oxidation sites excluding steroid dienone is 1. The molecule has 0 saturated carbocycles. The van der Waals surface area contributed by atoms with Crippen molar-refractivity contribution < 1.29 is 14.3 Å². The molecule has 1 atom stereocenters. The number of hydrogen-bond donors (Lipinski definition) is 0. The van der Waals surface area contributed by atoms with Crippen LogP contribution in [0.3, 0.4) is 0 Å². The lowest BCUT2D eigenvalue weighted by Crippen LogP contribution is -2.40. The highest BCUT2D eigenvalue weighted by atomic mass is 32.1. The Morgan fingerprint density at radius 1 is 0.977 bits per heavy atom. The van der Waals surface area contributed by atoms with Crippen molar-refractivity contribution in [1.29, 1.82) is 0 Å². The molecule has 3 heterocycles. The predicted octanol–water partition coefficient (Wildman–Crippen LogP) is 5.78. The van der Waals surface area contributed by atoms with E-state index in [1.165, 1.54) is 18.4 Å². The molecule has 44 heavy (non-hydrogen) atoms. The van der Waals surface area contributed by atoms with Crippen molar-refractivity contribution in [3.8, 4) is 11.4 Å². The molecule has 0 unspecified atom stereocenters. The number of carbonyl (C=O) groups is 1. The van der Waals surface area contributed by atoms with Gasteiger partial charge in [-0.1, -0.05) is 78.9 Å². The number of esters is 1. The van der Waals surface area contributed by atoms with Crippen LogP contribution in [-0.2, 0) is 16.1 Å². The van der Waals surface area contributed by atoms with Crippen LogP contribution in [0.25, 0.3) is 11.8 Å². The number of methoxy groups -OCH3 is 1. The number of carbonyl (C=O) groups excluding carboxylic acids is 1. The van der Waals surface area contributed by atoms with E-state index in [2.05, 4.69) is 17.6 Å². The SMILES string of the molecule is CCC1=C(C(=O)OC)[C@H](c2ccccc2)n2c(s/c(=C/c3cc(C)n(-c4ccc(OCc5ccccc5)cc4)c3C)c2=O)=N1. The first-order chi connectivity index (χ1) is 21.4. The minimum absolute atomic E-state index is 0.191. The van der Waals surface area contributed by atoms with Crippen molar-refractivity contribution in [3.63, 3.8) is 0 Å². The summed E-state index contributed by atoms with van der Waals surface area (Å²) in [6.45, 7) is 6.56. The fourth-order valence-corrected chi connectivity index (χ4v) is 6.73. The minimum atomic E-state index is -0.618. The molecule has 222 valence electrons. The summed E-state index contributed by atoms with van der Waals surface area (Å²) in [4.78, 5) is 32.4. The second kappa shape index (κ2) is 12.3. The van der Waals surface area contributed by atoms with Gasteiger partial charge in [-0.15, -0.1) is 0 Å². The highest BCUT2D eigenvalue weighted by molar-refractivity contribution is 7.07. The smallest absolute Gasteiger partial charge is 0.338 e. The monoisotopic (exact) mass is 603 g/mol. The summed E-state index contributed by atoms with van der Waals surface area (Å²) in [7, 11) is 1.36. The van der Waals surface area contributed by atoms with Gasteiger partial charge in [0.2, 0.25) is 0 Å². The highest BCUT2D eigenvalue weighted by Crippen LogP contribution is 2.32.